The smallest absolute Gasteiger partial charge is 0.250 e. The molecule has 2 unspecified atom stereocenters. The molecule has 0 saturated carbocycles. The van der Waals surface area contributed by atoms with E-state index in [1.807, 2.05) is 0 Å². The second kappa shape index (κ2) is 7.69. The lowest BCUT2D eigenvalue weighted by Crippen LogP contribution is -2.37. The Morgan fingerprint density at radius 1 is 1.26 bits per heavy atom. The Morgan fingerprint density at radius 2 is 1.96 bits per heavy atom. The average molecular weight is 318 g/mol. The highest BCUT2D eigenvalue weighted by atomic mass is 19.1. The van der Waals surface area contributed by atoms with Crippen LogP contribution in [0.25, 0.3) is 0 Å². The number of carbonyl (C=O) groups is 1. The summed E-state index contributed by atoms with van der Waals surface area (Å²) in [6, 6.07) is 9.74. The van der Waals surface area contributed by atoms with Crippen molar-refractivity contribution >= 4 is 5.91 Å². The lowest BCUT2D eigenvalue weighted by Gasteiger charge is -2.20. The second-order valence-electron chi connectivity index (χ2n) is 5.33. The average Bonchev–Trinajstić information content (AvgIpc) is 2.54. The van der Waals surface area contributed by atoms with Crippen LogP contribution < -0.4 is 10.9 Å². The van der Waals surface area contributed by atoms with E-state index in [1.54, 1.807) is 25.3 Å². The van der Waals surface area contributed by atoms with Crippen molar-refractivity contribution in [1.82, 2.24) is 9.88 Å². The number of carbonyl (C=O) groups excluding carboxylic acids is 1. The Morgan fingerprint density at radius 3 is 2.61 bits per heavy atom. The molecule has 0 saturated heterocycles. The minimum atomic E-state index is -0.931. The largest absolute Gasteiger partial charge is 0.386 e. The SMILES string of the molecule is CC(NC(=O)CCn1ccccc1=O)C(O)c1ccc(F)cc1. The molecule has 0 aliphatic rings. The van der Waals surface area contributed by atoms with Crippen molar-refractivity contribution in [3.63, 3.8) is 0 Å². The van der Waals surface area contributed by atoms with Crippen LogP contribution in [0.5, 0.6) is 0 Å². The first-order valence-electron chi connectivity index (χ1n) is 7.36. The zero-order chi connectivity index (χ0) is 16.8. The van der Waals surface area contributed by atoms with Gasteiger partial charge in [-0.05, 0) is 30.7 Å². The van der Waals surface area contributed by atoms with Gasteiger partial charge in [-0.1, -0.05) is 18.2 Å². The van der Waals surface area contributed by atoms with E-state index in [1.165, 1.54) is 34.9 Å². The number of rotatable bonds is 6. The third-order valence-corrected chi connectivity index (χ3v) is 3.55. The third-order valence-electron chi connectivity index (χ3n) is 3.55. The van der Waals surface area contributed by atoms with Crippen molar-refractivity contribution in [3.8, 4) is 0 Å². The molecule has 0 spiro atoms. The van der Waals surface area contributed by atoms with E-state index < -0.39 is 12.1 Å². The number of pyridine rings is 1. The molecule has 0 aliphatic heterocycles. The highest BCUT2D eigenvalue weighted by Crippen LogP contribution is 2.17. The minimum absolute atomic E-state index is 0.129. The van der Waals surface area contributed by atoms with Crippen molar-refractivity contribution in [2.75, 3.05) is 0 Å². The van der Waals surface area contributed by atoms with Gasteiger partial charge in [0.2, 0.25) is 5.91 Å². The predicted molar refractivity (Wildman–Crippen MR) is 84.3 cm³/mol. The summed E-state index contributed by atoms with van der Waals surface area (Å²) < 4.78 is 14.3. The molecule has 2 atom stereocenters. The molecule has 5 nitrogen and oxygen atoms in total. The molecule has 0 bridgehead atoms. The van der Waals surface area contributed by atoms with E-state index in [-0.39, 0.29) is 30.2 Å². The number of benzene rings is 1. The van der Waals surface area contributed by atoms with Gasteiger partial charge in [-0.15, -0.1) is 0 Å². The lowest BCUT2D eigenvalue weighted by molar-refractivity contribution is -0.122. The van der Waals surface area contributed by atoms with Crippen LogP contribution >= 0.6 is 0 Å². The summed E-state index contributed by atoms with van der Waals surface area (Å²) in [4.78, 5) is 23.5. The van der Waals surface area contributed by atoms with E-state index in [0.717, 1.165) is 0 Å². The predicted octanol–water partition coefficient (Wildman–Crippen LogP) is 1.62. The molecule has 1 amide bonds. The summed E-state index contributed by atoms with van der Waals surface area (Å²) in [5.41, 5.74) is 0.359. The van der Waals surface area contributed by atoms with Crippen LogP contribution in [0, 0.1) is 5.82 Å². The number of aryl methyl sites for hydroxylation is 1. The molecule has 6 heteroatoms. The number of hydrogen-bond donors (Lipinski definition) is 2. The summed E-state index contributed by atoms with van der Waals surface area (Å²) >= 11 is 0. The van der Waals surface area contributed by atoms with Crippen molar-refractivity contribution < 1.29 is 14.3 Å². The number of nitrogens with one attached hydrogen (secondary N) is 1. The van der Waals surface area contributed by atoms with Crippen LogP contribution in [-0.4, -0.2) is 21.6 Å². The molecular formula is C17H19FN2O3. The van der Waals surface area contributed by atoms with Crippen molar-refractivity contribution in [2.45, 2.75) is 32.0 Å². The Bertz CT molecular complexity index is 712. The van der Waals surface area contributed by atoms with Gasteiger partial charge < -0.3 is 15.0 Å². The maximum atomic E-state index is 12.9. The van der Waals surface area contributed by atoms with Crippen LogP contribution in [0.3, 0.4) is 0 Å². The first-order chi connectivity index (χ1) is 11.0. The topological polar surface area (TPSA) is 71.3 Å². The molecule has 122 valence electrons. The maximum absolute atomic E-state index is 12.9. The van der Waals surface area contributed by atoms with E-state index in [9.17, 15) is 19.1 Å². The molecule has 0 fully saturated rings. The Balaban J connectivity index is 1.88. The maximum Gasteiger partial charge on any atom is 0.250 e. The van der Waals surface area contributed by atoms with Gasteiger partial charge in [-0.2, -0.15) is 0 Å². The second-order valence-corrected chi connectivity index (χ2v) is 5.33. The molecule has 2 aromatic rings. The fourth-order valence-corrected chi connectivity index (χ4v) is 2.22. The highest BCUT2D eigenvalue weighted by Gasteiger charge is 2.18. The van der Waals surface area contributed by atoms with Gasteiger partial charge in [0.15, 0.2) is 0 Å². The van der Waals surface area contributed by atoms with Crippen molar-refractivity contribution in [2.24, 2.45) is 0 Å². The van der Waals surface area contributed by atoms with E-state index in [4.69, 9.17) is 0 Å². The summed E-state index contributed by atoms with van der Waals surface area (Å²) in [5, 5.41) is 12.9. The zero-order valence-electron chi connectivity index (χ0n) is 12.8. The Kier molecular flexibility index (Phi) is 5.65. The number of aliphatic hydroxyl groups is 1. The van der Waals surface area contributed by atoms with Crippen LogP contribution in [0.15, 0.2) is 53.5 Å². The molecule has 2 rings (SSSR count). The van der Waals surface area contributed by atoms with Crippen LogP contribution in [0.1, 0.15) is 25.0 Å². The Hall–Kier alpha value is -2.47. The minimum Gasteiger partial charge on any atom is -0.386 e. The van der Waals surface area contributed by atoms with Gasteiger partial charge in [0.1, 0.15) is 5.82 Å². The quantitative estimate of drug-likeness (QED) is 0.850. The first-order valence-corrected chi connectivity index (χ1v) is 7.36. The summed E-state index contributed by atoms with van der Waals surface area (Å²) in [6.07, 6.45) is 0.815. The van der Waals surface area contributed by atoms with Gasteiger partial charge in [0, 0.05) is 25.2 Å². The summed E-state index contributed by atoms with van der Waals surface area (Å²) in [6.45, 7) is 1.94. The number of aromatic nitrogens is 1. The van der Waals surface area contributed by atoms with Gasteiger partial charge >= 0.3 is 0 Å². The molecule has 23 heavy (non-hydrogen) atoms. The fourth-order valence-electron chi connectivity index (χ4n) is 2.22. The van der Waals surface area contributed by atoms with Gasteiger partial charge in [-0.25, -0.2) is 4.39 Å². The molecule has 1 aromatic carbocycles. The lowest BCUT2D eigenvalue weighted by atomic mass is 10.0. The summed E-state index contributed by atoms with van der Waals surface area (Å²) in [5.74, 6) is -0.652. The number of halogens is 1. The molecule has 1 aromatic heterocycles. The van der Waals surface area contributed by atoms with Gasteiger partial charge in [-0.3, -0.25) is 9.59 Å². The number of aliphatic hydroxyl groups excluding tert-OH is 1. The fraction of sp³-hybridized carbons (Fsp3) is 0.294. The van der Waals surface area contributed by atoms with E-state index in [2.05, 4.69) is 5.32 Å². The highest BCUT2D eigenvalue weighted by molar-refractivity contribution is 5.76. The number of nitrogens with zero attached hydrogens (tertiary/aromatic N) is 1. The standard InChI is InChI=1S/C17H19FN2O3/c1-12(17(23)13-5-7-14(18)8-6-13)19-15(21)9-11-20-10-3-2-4-16(20)22/h2-8,10,12,17,23H,9,11H2,1H3,(H,19,21). The summed E-state index contributed by atoms with van der Waals surface area (Å²) in [7, 11) is 0. The normalized spacial score (nSPS) is 13.3. The molecular weight excluding hydrogens is 299 g/mol. The van der Waals surface area contributed by atoms with Gasteiger partial charge in [0.25, 0.3) is 5.56 Å². The van der Waals surface area contributed by atoms with Gasteiger partial charge in [0.05, 0.1) is 12.1 Å². The first kappa shape index (κ1) is 16.9. The monoisotopic (exact) mass is 318 g/mol. The third kappa shape index (κ3) is 4.75. The molecule has 1 heterocycles. The molecule has 2 N–H and O–H groups in total. The van der Waals surface area contributed by atoms with Crippen molar-refractivity contribution in [1.29, 1.82) is 0 Å². The number of amides is 1. The van der Waals surface area contributed by atoms with Crippen LogP contribution in [-0.2, 0) is 11.3 Å². The molecule has 0 aliphatic carbocycles. The van der Waals surface area contributed by atoms with Crippen LogP contribution in [0.4, 0.5) is 4.39 Å². The Labute approximate surface area is 133 Å². The zero-order valence-corrected chi connectivity index (χ0v) is 12.8. The van der Waals surface area contributed by atoms with Crippen molar-refractivity contribution in [3.05, 3.63) is 70.4 Å². The number of hydrogen-bond acceptors (Lipinski definition) is 3. The van der Waals surface area contributed by atoms with E-state index >= 15 is 0 Å². The molecule has 0 radical (unpaired) electrons. The van der Waals surface area contributed by atoms with Crippen LogP contribution in [0.2, 0.25) is 0 Å². The van der Waals surface area contributed by atoms with E-state index in [0.29, 0.717) is 5.56 Å².